The van der Waals surface area contributed by atoms with Crippen LogP contribution in [-0.4, -0.2) is 18.5 Å². The van der Waals surface area contributed by atoms with Gasteiger partial charge in [0.1, 0.15) is 5.82 Å². The molecule has 6 heteroatoms. The Balaban J connectivity index is 1.93. The van der Waals surface area contributed by atoms with E-state index in [1.807, 2.05) is 19.3 Å². The molecule has 2 rings (SSSR count). The summed E-state index contributed by atoms with van der Waals surface area (Å²) in [4.78, 5) is 0. The minimum Gasteiger partial charge on any atom is -0.363 e. The molecule has 5 nitrogen and oxygen atoms in total. The molecule has 0 radical (unpaired) electrons. The van der Waals surface area contributed by atoms with Crippen molar-refractivity contribution in [1.29, 1.82) is 0 Å². The van der Waals surface area contributed by atoms with Crippen LogP contribution in [0.4, 0.5) is 5.82 Å². The van der Waals surface area contributed by atoms with E-state index in [0.717, 1.165) is 11.5 Å². The van der Waals surface area contributed by atoms with Gasteiger partial charge in [-0.3, -0.25) is 4.68 Å². The van der Waals surface area contributed by atoms with Gasteiger partial charge in [0.2, 0.25) is 0 Å². The molecule has 1 N–H and O–H groups in total. The number of rotatable bonds is 3. The first-order chi connectivity index (χ1) is 6.34. The van der Waals surface area contributed by atoms with Crippen LogP contribution >= 0.6 is 11.7 Å². The van der Waals surface area contributed by atoms with Gasteiger partial charge in [-0.2, -0.15) is 13.8 Å². The van der Waals surface area contributed by atoms with Crippen LogP contribution in [0.25, 0.3) is 0 Å². The first kappa shape index (κ1) is 8.18. The number of aryl methyl sites for hydroxylation is 1. The Morgan fingerprint density at radius 3 is 3.15 bits per heavy atom. The average Bonchev–Trinajstić information content (AvgIpc) is 2.71. The van der Waals surface area contributed by atoms with E-state index in [4.69, 9.17) is 0 Å². The van der Waals surface area contributed by atoms with E-state index in [9.17, 15) is 0 Å². The van der Waals surface area contributed by atoms with Gasteiger partial charge in [0.05, 0.1) is 30.2 Å². The zero-order chi connectivity index (χ0) is 9.10. The highest BCUT2D eigenvalue weighted by molar-refractivity contribution is 6.99. The van der Waals surface area contributed by atoms with E-state index in [2.05, 4.69) is 19.2 Å². The van der Waals surface area contributed by atoms with Crippen molar-refractivity contribution in [3.63, 3.8) is 0 Å². The first-order valence-corrected chi connectivity index (χ1v) is 4.57. The summed E-state index contributed by atoms with van der Waals surface area (Å²) in [5.41, 5.74) is 0.940. The second-order valence-electron chi connectivity index (χ2n) is 2.63. The lowest BCUT2D eigenvalue weighted by Crippen LogP contribution is -2.00. The van der Waals surface area contributed by atoms with E-state index in [1.54, 1.807) is 10.9 Å². The average molecular weight is 195 g/mol. The number of aromatic nitrogens is 4. The van der Waals surface area contributed by atoms with Crippen molar-refractivity contribution in [2.75, 3.05) is 5.32 Å². The lowest BCUT2D eigenvalue weighted by Gasteiger charge is -1.97. The Morgan fingerprint density at radius 2 is 2.54 bits per heavy atom. The van der Waals surface area contributed by atoms with Crippen molar-refractivity contribution >= 4 is 17.5 Å². The largest absolute Gasteiger partial charge is 0.363 e. The zero-order valence-corrected chi connectivity index (χ0v) is 7.95. The van der Waals surface area contributed by atoms with Gasteiger partial charge in [-0.1, -0.05) is 0 Å². The first-order valence-electron chi connectivity index (χ1n) is 3.84. The topological polar surface area (TPSA) is 55.6 Å². The molecule has 2 aromatic heterocycles. The van der Waals surface area contributed by atoms with Crippen molar-refractivity contribution in [2.45, 2.75) is 6.54 Å². The molecule has 0 fully saturated rings. The zero-order valence-electron chi connectivity index (χ0n) is 7.14. The SMILES string of the molecule is Cn1ccc(NCc2cnsn2)n1. The summed E-state index contributed by atoms with van der Waals surface area (Å²) in [5.74, 6) is 0.857. The standard InChI is InChI=1S/C7H9N5S/c1-12-3-2-7(10-12)8-4-6-5-9-13-11-6/h2-3,5H,4H2,1H3,(H,8,10). The second kappa shape index (κ2) is 3.53. The highest BCUT2D eigenvalue weighted by Crippen LogP contribution is 2.03. The van der Waals surface area contributed by atoms with Crippen molar-refractivity contribution in [1.82, 2.24) is 18.5 Å². The fourth-order valence-corrected chi connectivity index (χ4v) is 1.38. The Morgan fingerprint density at radius 1 is 1.62 bits per heavy atom. The van der Waals surface area contributed by atoms with E-state index in [0.29, 0.717) is 6.54 Å². The quantitative estimate of drug-likeness (QED) is 0.790. The molecule has 0 spiro atoms. The van der Waals surface area contributed by atoms with Crippen LogP contribution in [0.2, 0.25) is 0 Å². The van der Waals surface area contributed by atoms with E-state index >= 15 is 0 Å². The summed E-state index contributed by atoms with van der Waals surface area (Å²) in [6.07, 6.45) is 3.64. The molecule has 0 aliphatic rings. The number of nitrogens with one attached hydrogen (secondary N) is 1. The van der Waals surface area contributed by atoms with Crippen LogP contribution < -0.4 is 5.32 Å². The summed E-state index contributed by atoms with van der Waals surface area (Å²) < 4.78 is 9.73. The van der Waals surface area contributed by atoms with Crippen molar-refractivity contribution in [3.8, 4) is 0 Å². The van der Waals surface area contributed by atoms with Crippen LogP contribution in [0.5, 0.6) is 0 Å². The van der Waals surface area contributed by atoms with Gasteiger partial charge in [0.25, 0.3) is 0 Å². The third kappa shape index (κ3) is 2.03. The van der Waals surface area contributed by atoms with Gasteiger partial charge < -0.3 is 5.32 Å². The van der Waals surface area contributed by atoms with Crippen LogP contribution in [0, 0.1) is 0 Å². The molecule has 0 amide bonds. The lowest BCUT2D eigenvalue weighted by atomic mass is 10.4. The number of hydrogen-bond donors (Lipinski definition) is 1. The number of nitrogens with zero attached hydrogens (tertiary/aromatic N) is 4. The molecule has 0 aromatic carbocycles. The number of hydrogen-bond acceptors (Lipinski definition) is 5. The molecule has 13 heavy (non-hydrogen) atoms. The maximum absolute atomic E-state index is 4.17. The summed E-state index contributed by atoms with van der Waals surface area (Å²) in [6, 6.07) is 1.92. The second-order valence-corrected chi connectivity index (χ2v) is 3.18. The molecule has 0 saturated heterocycles. The third-order valence-electron chi connectivity index (χ3n) is 1.57. The molecule has 0 aliphatic heterocycles. The molecular formula is C7H9N5S. The summed E-state index contributed by atoms with van der Waals surface area (Å²) in [5, 5.41) is 7.31. The molecule has 0 aliphatic carbocycles. The molecule has 68 valence electrons. The smallest absolute Gasteiger partial charge is 0.148 e. The highest BCUT2D eigenvalue weighted by Gasteiger charge is 1.97. The molecular weight excluding hydrogens is 186 g/mol. The maximum atomic E-state index is 4.17. The van der Waals surface area contributed by atoms with Crippen LogP contribution in [0.1, 0.15) is 5.69 Å². The molecule has 2 heterocycles. The summed E-state index contributed by atoms with van der Waals surface area (Å²) in [6.45, 7) is 0.674. The van der Waals surface area contributed by atoms with Gasteiger partial charge >= 0.3 is 0 Å². The molecule has 0 bridgehead atoms. The van der Waals surface area contributed by atoms with E-state index in [-0.39, 0.29) is 0 Å². The van der Waals surface area contributed by atoms with Crippen LogP contribution in [0.15, 0.2) is 18.5 Å². The Bertz CT molecular complexity index is 366. The Hall–Kier alpha value is -1.43. The fraction of sp³-hybridized carbons (Fsp3) is 0.286. The predicted octanol–water partition coefficient (Wildman–Crippen LogP) is 0.884. The van der Waals surface area contributed by atoms with Crippen molar-refractivity contribution in [3.05, 3.63) is 24.2 Å². The van der Waals surface area contributed by atoms with Gasteiger partial charge in [-0.15, -0.1) is 0 Å². The predicted molar refractivity (Wildman–Crippen MR) is 50.4 cm³/mol. The maximum Gasteiger partial charge on any atom is 0.148 e. The lowest BCUT2D eigenvalue weighted by molar-refractivity contribution is 0.768. The molecule has 0 atom stereocenters. The Labute approximate surface area is 79.7 Å². The minimum atomic E-state index is 0.674. The van der Waals surface area contributed by atoms with Gasteiger partial charge in [0.15, 0.2) is 0 Å². The number of anilines is 1. The van der Waals surface area contributed by atoms with Gasteiger partial charge in [-0.25, -0.2) is 0 Å². The van der Waals surface area contributed by atoms with Crippen LogP contribution in [0.3, 0.4) is 0 Å². The molecule has 0 unspecified atom stereocenters. The van der Waals surface area contributed by atoms with Crippen LogP contribution in [-0.2, 0) is 13.6 Å². The van der Waals surface area contributed by atoms with Crippen molar-refractivity contribution in [2.24, 2.45) is 7.05 Å². The summed E-state index contributed by atoms with van der Waals surface area (Å²) in [7, 11) is 1.88. The highest BCUT2D eigenvalue weighted by atomic mass is 32.1. The normalized spacial score (nSPS) is 10.2. The van der Waals surface area contributed by atoms with Gasteiger partial charge in [-0.05, 0) is 0 Å². The van der Waals surface area contributed by atoms with Gasteiger partial charge in [0, 0.05) is 19.3 Å². The molecule has 0 saturated carbocycles. The third-order valence-corrected chi connectivity index (χ3v) is 2.09. The monoisotopic (exact) mass is 195 g/mol. The van der Waals surface area contributed by atoms with E-state index < -0.39 is 0 Å². The van der Waals surface area contributed by atoms with Crippen molar-refractivity contribution < 1.29 is 0 Å². The van der Waals surface area contributed by atoms with E-state index in [1.165, 1.54) is 11.7 Å². The Kier molecular flexibility index (Phi) is 2.22. The summed E-state index contributed by atoms with van der Waals surface area (Å²) >= 11 is 1.21. The molecule has 2 aromatic rings. The fourth-order valence-electron chi connectivity index (χ4n) is 0.952. The minimum absolute atomic E-state index is 0.674.